The van der Waals surface area contributed by atoms with Crippen LogP contribution in [-0.4, -0.2) is 53.3 Å². The number of nitrogens with one attached hydrogen (secondary N) is 1. The number of carbonyl (C=O) groups excluding carboxylic acids is 2. The summed E-state index contributed by atoms with van der Waals surface area (Å²) in [4.78, 5) is 30.8. The maximum Gasteiger partial charge on any atom is 0.272 e. The zero-order valence-corrected chi connectivity index (χ0v) is 13.6. The SMILES string of the molecule is Cc1ccc(Nc2ccc(C(=O)N3CCN(C=O)CC3)nc2)cc1. The van der Waals surface area contributed by atoms with Gasteiger partial charge in [-0.3, -0.25) is 9.59 Å². The number of rotatable bonds is 4. The van der Waals surface area contributed by atoms with Crippen LogP contribution in [-0.2, 0) is 4.79 Å². The van der Waals surface area contributed by atoms with Crippen LogP contribution >= 0.6 is 0 Å². The second-order valence-electron chi connectivity index (χ2n) is 5.86. The summed E-state index contributed by atoms with van der Waals surface area (Å²) in [6.45, 7) is 4.27. The van der Waals surface area contributed by atoms with E-state index in [0.29, 0.717) is 31.9 Å². The highest BCUT2D eigenvalue weighted by atomic mass is 16.2. The Labute approximate surface area is 141 Å². The van der Waals surface area contributed by atoms with Crippen molar-refractivity contribution in [2.24, 2.45) is 0 Å². The lowest BCUT2D eigenvalue weighted by molar-refractivity contribution is -0.119. The van der Waals surface area contributed by atoms with Gasteiger partial charge in [-0.2, -0.15) is 0 Å². The lowest BCUT2D eigenvalue weighted by atomic mass is 10.2. The molecule has 1 aromatic carbocycles. The second kappa shape index (κ2) is 7.12. The molecule has 1 aromatic heterocycles. The maximum absolute atomic E-state index is 12.4. The Bertz CT molecular complexity index is 705. The number of aryl methyl sites for hydroxylation is 1. The first-order chi connectivity index (χ1) is 11.7. The predicted molar refractivity (Wildman–Crippen MR) is 92.2 cm³/mol. The number of aromatic nitrogens is 1. The standard InChI is InChI=1S/C18H20N4O2/c1-14-2-4-15(5-3-14)20-16-6-7-17(19-12-16)18(24)22-10-8-21(13-23)9-11-22/h2-7,12-13,20H,8-11H2,1H3. The highest BCUT2D eigenvalue weighted by Crippen LogP contribution is 2.17. The molecule has 2 amide bonds. The van der Waals surface area contributed by atoms with E-state index in [2.05, 4.69) is 10.3 Å². The first-order valence-corrected chi connectivity index (χ1v) is 7.94. The Balaban J connectivity index is 1.62. The van der Waals surface area contributed by atoms with Gasteiger partial charge in [0, 0.05) is 31.9 Å². The zero-order chi connectivity index (χ0) is 16.9. The van der Waals surface area contributed by atoms with Crippen molar-refractivity contribution in [3.8, 4) is 0 Å². The molecule has 1 saturated heterocycles. The van der Waals surface area contributed by atoms with Gasteiger partial charge in [-0.15, -0.1) is 0 Å². The van der Waals surface area contributed by atoms with Crippen LogP contribution in [0.15, 0.2) is 42.6 Å². The molecule has 2 heterocycles. The fraction of sp³-hybridized carbons (Fsp3) is 0.278. The fourth-order valence-electron chi connectivity index (χ4n) is 2.59. The van der Waals surface area contributed by atoms with E-state index in [1.807, 2.05) is 37.3 Å². The van der Waals surface area contributed by atoms with Crippen LogP contribution in [0.4, 0.5) is 11.4 Å². The zero-order valence-electron chi connectivity index (χ0n) is 13.6. The second-order valence-corrected chi connectivity index (χ2v) is 5.86. The number of pyridine rings is 1. The monoisotopic (exact) mass is 324 g/mol. The smallest absolute Gasteiger partial charge is 0.272 e. The Kier molecular flexibility index (Phi) is 4.74. The molecule has 0 atom stereocenters. The molecule has 1 N–H and O–H groups in total. The van der Waals surface area contributed by atoms with Crippen molar-refractivity contribution in [1.82, 2.24) is 14.8 Å². The molecule has 1 aliphatic rings. The molecule has 124 valence electrons. The molecule has 2 aromatic rings. The average Bonchev–Trinajstić information content (AvgIpc) is 2.64. The third kappa shape index (κ3) is 3.71. The van der Waals surface area contributed by atoms with Crippen molar-refractivity contribution in [2.45, 2.75) is 6.92 Å². The van der Waals surface area contributed by atoms with Gasteiger partial charge in [0.15, 0.2) is 0 Å². The number of piperazine rings is 1. The molecule has 0 bridgehead atoms. The van der Waals surface area contributed by atoms with E-state index in [-0.39, 0.29) is 5.91 Å². The Hall–Kier alpha value is -2.89. The molecule has 1 fully saturated rings. The third-order valence-electron chi connectivity index (χ3n) is 4.07. The molecule has 0 spiro atoms. The van der Waals surface area contributed by atoms with Crippen LogP contribution in [0.1, 0.15) is 16.1 Å². The summed E-state index contributed by atoms with van der Waals surface area (Å²) in [7, 11) is 0. The molecule has 0 saturated carbocycles. The van der Waals surface area contributed by atoms with Crippen molar-refractivity contribution in [3.05, 3.63) is 53.9 Å². The van der Waals surface area contributed by atoms with Gasteiger partial charge in [-0.1, -0.05) is 17.7 Å². The summed E-state index contributed by atoms with van der Waals surface area (Å²) in [6.07, 6.45) is 2.49. The molecule has 1 aliphatic heterocycles. The van der Waals surface area contributed by atoms with Gasteiger partial charge < -0.3 is 15.1 Å². The molecule has 0 aliphatic carbocycles. The number of amides is 2. The van der Waals surface area contributed by atoms with Crippen LogP contribution in [0.5, 0.6) is 0 Å². The maximum atomic E-state index is 12.4. The number of hydrogen-bond acceptors (Lipinski definition) is 4. The molecule has 3 rings (SSSR count). The predicted octanol–water partition coefficient (Wildman–Crippen LogP) is 2.05. The molecule has 0 unspecified atom stereocenters. The normalized spacial score (nSPS) is 14.4. The molecule has 0 radical (unpaired) electrons. The van der Waals surface area contributed by atoms with Gasteiger partial charge in [0.2, 0.25) is 6.41 Å². The van der Waals surface area contributed by atoms with E-state index < -0.39 is 0 Å². The Morgan fingerprint density at radius 2 is 1.71 bits per heavy atom. The highest BCUT2D eigenvalue weighted by molar-refractivity contribution is 5.92. The van der Waals surface area contributed by atoms with E-state index in [0.717, 1.165) is 17.8 Å². The van der Waals surface area contributed by atoms with Gasteiger partial charge in [0.25, 0.3) is 5.91 Å². The number of benzene rings is 1. The van der Waals surface area contributed by atoms with E-state index >= 15 is 0 Å². The third-order valence-corrected chi connectivity index (χ3v) is 4.07. The number of anilines is 2. The van der Waals surface area contributed by atoms with E-state index in [1.54, 1.807) is 22.1 Å². The van der Waals surface area contributed by atoms with E-state index in [9.17, 15) is 9.59 Å². The van der Waals surface area contributed by atoms with Crippen LogP contribution in [0.25, 0.3) is 0 Å². The summed E-state index contributed by atoms with van der Waals surface area (Å²) in [5.41, 5.74) is 3.44. The molecular formula is C18H20N4O2. The van der Waals surface area contributed by atoms with Crippen LogP contribution in [0.3, 0.4) is 0 Å². The largest absolute Gasteiger partial charge is 0.354 e. The first kappa shape index (κ1) is 16.0. The van der Waals surface area contributed by atoms with Gasteiger partial charge in [0.1, 0.15) is 5.69 Å². The number of hydrogen-bond donors (Lipinski definition) is 1. The van der Waals surface area contributed by atoms with Crippen molar-refractivity contribution in [1.29, 1.82) is 0 Å². The number of nitrogens with zero attached hydrogens (tertiary/aromatic N) is 3. The van der Waals surface area contributed by atoms with Crippen LogP contribution in [0.2, 0.25) is 0 Å². The minimum absolute atomic E-state index is 0.0950. The van der Waals surface area contributed by atoms with Crippen LogP contribution < -0.4 is 5.32 Å². The molecule has 6 heteroatoms. The van der Waals surface area contributed by atoms with Crippen molar-refractivity contribution in [3.63, 3.8) is 0 Å². The minimum atomic E-state index is -0.0950. The van der Waals surface area contributed by atoms with E-state index in [4.69, 9.17) is 0 Å². The lowest BCUT2D eigenvalue weighted by Crippen LogP contribution is -2.48. The quantitative estimate of drug-likeness (QED) is 0.874. The Morgan fingerprint density at radius 3 is 2.29 bits per heavy atom. The summed E-state index contributed by atoms with van der Waals surface area (Å²) in [5, 5.41) is 3.26. The van der Waals surface area contributed by atoms with Gasteiger partial charge in [-0.25, -0.2) is 4.98 Å². The lowest BCUT2D eigenvalue weighted by Gasteiger charge is -2.32. The summed E-state index contributed by atoms with van der Waals surface area (Å²) >= 11 is 0. The summed E-state index contributed by atoms with van der Waals surface area (Å²) in [6, 6.07) is 11.6. The topological polar surface area (TPSA) is 65.5 Å². The van der Waals surface area contributed by atoms with Crippen molar-refractivity contribution >= 4 is 23.7 Å². The fourth-order valence-corrected chi connectivity index (χ4v) is 2.59. The van der Waals surface area contributed by atoms with Crippen LogP contribution in [0, 0.1) is 6.92 Å². The summed E-state index contributed by atoms with van der Waals surface area (Å²) < 4.78 is 0. The van der Waals surface area contributed by atoms with Gasteiger partial charge >= 0.3 is 0 Å². The average molecular weight is 324 g/mol. The summed E-state index contributed by atoms with van der Waals surface area (Å²) in [5.74, 6) is -0.0950. The van der Waals surface area contributed by atoms with Crippen molar-refractivity contribution in [2.75, 3.05) is 31.5 Å². The highest BCUT2D eigenvalue weighted by Gasteiger charge is 2.22. The molecule has 6 nitrogen and oxygen atoms in total. The molecule has 24 heavy (non-hydrogen) atoms. The van der Waals surface area contributed by atoms with Gasteiger partial charge in [0.05, 0.1) is 11.9 Å². The number of carbonyl (C=O) groups is 2. The van der Waals surface area contributed by atoms with Gasteiger partial charge in [-0.05, 0) is 31.2 Å². The van der Waals surface area contributed by atoms with Crippen molar-refractivity contribution < 1.29 is 9.59 Å². The Morgan fingerprint density at radius 1 is 1.04 bits per heavy atom. The first-order valence-electron chi connectivity index (χ1n) is 7.94. The molecular weight excluding hydrogens is 304 g/mol. The minimum Gasteiger partial charge on any atom is -0.354 e. The van der Waals surface area contributed by atoms with E-state index in [1.165, 1.54) is 5.56 Å².